The van der Waals surface area contributed by atoms with Crippen LogP contribution >= 0.6 is 15.9 Å². The number of nitrogens with zero attached hydrogens (tertiary/aromatic N) is 1. The first-order chi connectivity index (χ1) is 8.60. The molecule has 0 aromatic heterocycles. The highest BCUT2D eigenvalue weighted by atomic mass is 79.9. The number of hydrogen-bond acceptors (Lipinski definition) is 3. The van der Waals surface area contributed by atoms with Crippen molar-refractivity contribution in [3.8, 4) is 6.07 Å². The first-order valence-corrected chi connectivity index (χ1v) is 6.22. The molecule has 18 heavy (non-hydrogen) atoms. The number of anilines is 3. The quantitative estimate of drug-likeness (QED) is 0.826. The summed E-state index contributed by atoms with van der Waals surface area (Å²) < 4.78 is 0.877. The van der Waals surface area contributed by atoms with Gasteiger partial charge in [0.25, 0.3) is 0 Å². The summed E-state index contributed by atoms with van der Waals surface area (Å²) in [5, 5.41) is 12.3. The second-order valence-electron chi connectivity index (χ2n) is 4.02. The lowest BCUT2D eigenvalue weighted by atomic mass is 10.1. The van der Waals surface area contributed by atoms with E-state index in [1.165, 1.54) is 0 Å². The molecule has 3 nitrogen and oxygen atoms in total. The van der Waals surface area contributed by atoms with E-state index in [1.54, 1.807) is 6.07 Å². The molecule has 0 aliphatic carbocycles. The molecule has 0 radical (unpaired) electrons. The molecule has 2 rings (SSSR count). The van der Waals surface area contributed by atoms with Crippen LogP contribution in [0, 0.1) is 18.3 Å². The summed E-state index contributed by atoms with van der Waals surface area (Å²) in [5.74, 6) is 0. The lowest BCUT2D eigenvalue weighted by molar-refractivity contribution is 1.43. The number of halogens is 1. The second-order valence-corrected chi connectivity index (χ2v) is 4.93. The summed E-state index contributed by atoms with van der Waals surface area (Å²) >= 11 is 3.35. The van der Waals surface area contributed by atoms with Gasteiger partial charge in [0.1, 0.15) is 6.07 Å². The normalized spacial score (nSPS) is 9.83. The van der Waals surface area contributed by atoms with E-state index in [2.05, 4.69) is 27.3 Å². The average molecular weight is 302 g/mol. The smallest absolute Gasteiger partial charge is 0.101 e. The zero-order chi connectivity index (χ0) is 13.1. The third-order valence-electron chi connectivity index (χ3n) is 2.58. The molecule has 0 spiro atoms. The zero-order valence-electron chi connectivity index (χ0n) is 9.87. The Bertz CT molecular complexity index is 629. The summed E-state index contributed by atoms with van der Waals surface area (Å²) in [6.45, 7) is 2.00. The maximum absolute atomic E-state index is 9.10. The van der Waals surface area contributed by atoms with E-state index in [9.17, 15) is 0 Å². The van der Waals surface area contributed by atoms with Gasteiger partial charge in [0.05, 0.1) is 22.6 Å². The Morgan fingerprint density at radius 1 is 1.17 bits per heavy atom. The first kappa shape index (κ1) is 12.5. The van der Waals surface area contributed by atoms with E-state index < -0.39 is 0 Å². The summed E-state index contributed by atoms with van der Waals surface area (Å²) in [6.07, 6.45) is 0. The van der Waals surface area contributed by atoms with E-state index in [0.717, 1.165) is 21.4 Å². The zero-order valence-corrected chi connectivity index (χ0v) is 11.5. The van der Waals surface area contributed by atoms with Gasteiger partial charge in [-0.2, -0.15) is 5.26 Å². The molecule has 0 unspecified atom stereocenters. The van der Waals surface area contributed by atoms with Crippen molar-refractivity contribution in [1.29, 1.82) is 5.26 Å². The molecule has 0 heterocycles. The van der Waals surface area contributed by atoms with Gasteiger partial charge in [-0.05, 0) is 42.8 Å². The molecular weight excluding hydrogens is 290 g/mol. The number of nitrogens with two attached hydrogens (primary N) is 1. The Labute approximate surface area is 114 Å². The molecule has 2 aromatic rings. The van der Waals surface area contributed by atoms with Crippen molar-refractivity contribution in [1.82, 2.24) is 0 Å². The van der Waals surface area contributed by atoms with Crippen molar-refractivity contribution in [3.63, 3.8) is 0 Å². The number of benzene rings is 2. The van der Waals surface area contributed by atoms with Crippen LogP contribution in [0.15, 0.2) is 40.9 Å². The number of hydrogen-bond donors (Lipinski definition) is 2. The number of nitriles is 1. The van der Waals surface area contributed by atoms with Crippen LogP contribution in [0.4, 0.5) is 17.1 Å². The Balaban J connectivity index is 2.40. The second kappa shape index (κ2) is 5.11. The van der Waals surface area contributed by atoms with E-state index in [-0.39, 0.29) is 0 Å². The van der Waals surface area contributed by atoms with E-state index in [1.807, 2.05) is 37.3 Å². The van der Waals surface area contributed by atoms with Gasteiger partial charge in [0, 0.05) is 4.47 Å². The molecule has 0 atom stereocenters. The SMILES string of the molecule is Cc1ccc(N)c(Nc2ccc(Br)cc2C#N)c1. The summed E-state index contributed by atoms with van der Waals surface area (Å²) in [5.41, 5.74) is 9.81. The molecule has 4 heteroatoms. The van der Waals surface area contributed by atoms with Crippen LogP contribution in [-0.2, 0) is 0 Å². The molecule has 0 aliphatic heterocycles. The summed E-state index contributed by atoms with van der Waals surface area (Å²) in [7, 11) is 0. The predicted octanol–water partition coefficient (Wildman–Crippen LogP) is 3.96. The fourth-order valence-corrected chi connectivity index (χ4v) is 2.00. The van der Waals surface area contributed by atoms with Gasteiger partial charge in [-0.1, -0.05) is 22.0 Å². The molecule has 0 amide bonds. The Hall–Kier alpha value is -1.99. The van der Waals surface area contributed by atoms with E-state index in [0.29, 0.717) is 11.3 Å². The topological polar surface area (TPSA) is 61.8 Å². The van der Waals surface area contributed by atoms with Crippen LogP contribution in [0.3, 0.4) is 0 Å². The van der Waals surface area contributed by atoms with Crippen LogP contribution in [-0.4, -0.2) is 0 Å². The number of aryl methyl sites for hydroxylation is 1. The van der Waals surface area contributed by atoms with E-state index in [4.69, 9.17) is 11.0 Å². The van der Waals surface area contributed by atoms with Crippen LogP contribution in [0.25, 0.3) is 0 Å². The maximum Gasteiger partial charge on any atom is 0.101 e. The third-order valence-corrected chi connectivity index (χ3v) is 3.07. The predicted molar refractivity (Wildman–Crippen MR) is 77.7 cm³/mol. The van der Waals surface area contributed by atoms with Crippen LogP contribution in [0.2, 0.25) is 0 Å². The van der Waals surface area contributed by atoms with Crippen molar-refractivity contribution in [2.45, 2.75) is 6.92 Å². The van der Waals surface area contributed by atoms with Gasteiger partial charge in [0.15, 0.2) is 0 Å². The van der Waals surface area contributed by atoms with Crippen molar-refractivity contribution >= 4 is 33.0 Å². The largest absolute Gasteiger partial charge is 0.397 e. The Morgan fingerprint density at radius 2 is 1.94 bits per heavy atom. The van der Waals surface area contributed by atoms with Crippen molar-refractivity contribution in [2.24, 2.45) is 0 Å². The van der Waals surface area contributed by atoms with Gasteiger partial charge in [-0.25, -0.2) is 0 Å². The monoisotopic (exact) mass is 301 g/mol. The maximum atomic E-state index is 9.10. The Kier molecular flexibility index (Phi) is 3.54. The number of nitrogens with one attached hydrogen (secondary N) is 1. The van der Waals surface area contributed by atoms with Crippen LogP contribution in [0.5, 0.6) is 0 Å². The third kappa shape index (κ3) is 2.63. The van der Waals surface area contributed by atoms with Gasteiger partial charge in [0.2, 0.25) is 0 Å². The molecule has 90 valence electrons. The van der Waals surface area contributed by atoms with Crippen molar-refractivity contribution < 1.29 is 0 Å². The Morgan fingerprint density at radius 3 is 2.67 bits per heavy atom. The van der Waals surface area contributed by atoms with Gasteiger partial charge in [-0.15, -0.1) is 0 Å². The highest BCUT2D eigenvalue weighted by Gasteiger charge is 2.05. The minimum absolute atomic E-state index is 0.574. The highest BCUT2D eigenvalue weighted by Crippen LogP contribution is 2.27. The fraction of sp³-hybridized carbons (Fsp3) is 0.0714. The number of rotatable bonds is 2. The summed E-state index contributed by atoms with van der Waals surface area (Å²) in [4.78, 5) is 0. The molecule has 3 N–H and O–H groups in total. The molecule has 0 fully saturated rings. The van der Waals surface area contributed by atoms with E-state index >= 15 is 0 Å². The minimum atomic E-state index is 0.574. The first-order valence-electron chi connectivity index (χ1n) is 5.43. The minimum Gasteiger partial charge on any atom is -0.397 e. The fourth-order valence-electron chi connectivity index (χ4n) is 1.64. The molecule has 0 aliphatic rings. The molecule has 0 saturated carbocycles. The lowest BCUT2D eigenvalue weighted by Gasteiger charge is -2.11. The molecule has 2 aromatic carbocycles. The van der Waals surface area contributed by atoms with Crippen molar-refractivity contribution in [3.05, 3.63) is 52.0 Å². The van der Waals surface area contributed by atoms with Gasteiger partial charge in [-0.3, -0.25) is 0 Å². The highest BCUT2D eigenvalue weighted by molar-refractivity contribution is 9.10. The van der Waals surface area contributed by atoms with Gasteiger partial charge >= 0.3 is 0 Å². The van der Waals surface area contributed by atoms with Gasteiger partial charge < -0.3 is 11.1 Å². The molecule has 0 saturated heterocycles. The number of nitrogen functional groups attached to an aromatic ring is 1. The summed E-state index contributed by atoms with van der Waals surface area (Å²) in [6, 6.07) is 13.4. The lowest BCUT2D eigenvalue weighted by Crippen LogP contribution is -1.98. The molecule has 0 bridgehead atoms. The molecular formula is C14H12BrN3. The average Bonchev–Trinajstić information content (AvgIpc) is 2.36. The van der Waals surface area contributed by atoms with Crippen LogP contribution < -0.4 is 11.1 Å². The standard InChI is InChI=1S/C14H12BrN3/c1-9-2-4-12(17)14(6-9)18-13-5-3-11(15)7-10(13)8-16/h2-7,18H,17H2,1H3. The van der Waals surface area contributed by atoms with Crippen molar-refractivity contribution in [2.75, 3.05) is 11.1 Å². The van der Waals surface area contributed by atoms with Crippen LogP contribution in [0.1, 0.15) is 11.1 Å².